The molecule has 0 bridgehead atoms. The first-order chi connectivity index (χ1) is 14.6. The van der Waals surface area contributed by atoms with Gasteiger partial charge in [-0.15, -0.1) is 0 Å². The molecule has 4 rings (SSSR count). The average Bonchev–Trinajstić information content (AvgIpc) is 2.89. The summed E-state index contributed by atoms with van der Waals surface area (Å²) < 4.78 is 5.26. The van der Waals surface area contributed by atoms with E-state index in [0.717, 1.165) is 22.3 Å². The Morgan fingerprint density at radius 2 is 1.73 bits per heavy atom. The van der Waals surface area contributed by atoms with Gasteiger partial charge in [-0.1, -0.05) is 72.8 Å². The molecule has 3 aromatic rings. The highest BCUT2D eigenvalue weighted by Crippen LogP contribution is 2.25. The fourth-order valence-corrected chi connectivity index (χ4v) is 3.23. The maximum absolute atomic E-state index is 12.8. The topological polar surface area (TPSA) is 79.8 Å². The number of aryl methyl sites for hydroxylation is 1. The second kappa shape index (κ2) is 8.61. The molecule has 0 radical (unpaired) electrons. The summed E-state index contributed by atoms with van der Waals surface area (Å²) >= 11 is 0. The van der Waals surface area contributed by atoms with Gasteiger partial charge in [-0.3, -0.25) is 10.1 Å². The number of hydrogen-bond donors (Lipinski definition) is 2. The first kappa shape index (κ1) is 19.4. The van der Waals surface area contributed by atoms with Crippen LogP contribution in [0.15, 0.2) is 83.9 Å². The van der Waals surface area contributed by atoms with Crippen LogP contribution in [0.5, 0.6) is 0 Å². The third-order valence-electron chi connectivity index (χ3n) is 4.71. The Labute approximate surface area is 174 Å². The number of benzodiazepines with no additional fused rings is 1. The van der Waals surface area contributed by atoms with Crippen LogP contribution in [0.1, 0.15) is 22.3 Å². The second-order valence-electron chi connectivity index (χ2n) is 6.99. The molecule has 6 heteroatoms. The van der Waals surface area contributed by atoms with E-state index in [1.807, 2.05) is 85.8 Å². The highest BCUT2D eigenvalue weighted by Gasteiger charge is 2.27. The quantitative estimate of drug-likeness (QED) is 0.695. The minimum Gasteiger partial charge on any atom is -0.445 e. The molecule has 30 heavy (non-hydrogen) atoms. The van der Waals surface area contributed by atoms with Gasteiger partial charge in [0, 0.05) is 11.1 Å². The Bertz CT molecular complexity index is 1100. The van der Waals surface area contributed by atoms with Gasteiger partial charge in [-0.25, -0.2) is 9.79 Å². The minimum absolute atomic E-state index is 0.107. The van der Waals surface area contributed by atoms with Crippen molar-refractivity contribution in [1.82, 2.24) is 5.32 Å². The third-order valence-corrected chi connectivity index (χ3v) is 4.71. The summed E-state index contributed by atoms with van der Waals surface area (Å²) in [6.07, 6.45) is -1.83. The van der Waals surface area contributed by atoms with E-state index in [4.69, 9.17) is 4.74 Å². The molecule has 1 atom stereocenters. The summed E-state index contributed by atoms with van der Waals surface area (Å²) in [4.78, 5) is 29.7. The number of carbonyl (C=O) groups excluding carboxylic acids is 2. The van der Waals surface area contributed by atoms with Crippen molar-refractivity contribution in [3.63, 3.8) is 0 Å². The number of anilines is 1. The molecule has 0 saturated heterocycles. The summed E-state index contributed by atoms with van der Waals surface area (Å²) in [5.41, 5.74) is 4.79. The molecule has 1 aliphatic heterocycles. The Hall–Kier alpha value is -3.93. The molecular weight excluding hydrogens is 378 g/mol. The zero-order valence-corrected chi connectivity index (χ0v) is 16.5. The predicted octanol–water partition coefficient (Wildman–Crippen LogP) is 4.04. The van der Waals surface area contributed by atoms with Crippen molar-refractivity contribution in [2.75, 3.05) is 5.32 Å². The molecule has 1 unspecified atom stereocenters. The fraction of sp³-hybridized carbons (Fsp3) is 0.125. The molecule has 2 N–H and O–H groups in total. The van der Waals surface area contributed by atoms with E-state index in [2.05, 4.69) is 15.6 Å². The standard InChI is InChI=1S/C24H21N3O3/c1-16-12-13-19-20(14-16)25-23(28)22(26-21(19)18-10-6-3-7-11-18)27-24(29)30-15-17-8-4-2-5-9-17/h2-14,22H,15H2,1H3,(H,25,28)(H,27,29). The van der Waals surface area contributed by atoms with Crippen molar-refractivity contribution < 1.29 is 14.3 Å². The van der Waals surface area contributed by atoms with E-state index in [1.54, 1.807) is 0 Å². The monoisotopic (exact) mass is 399 g/mol. The largest absolute Gasteiger partial charge is 0.445 e. The normalized spacial score (nSPS) is 15.3. The van der Waals surface area contributed by atoms with Crippen LogP contribution in [-0.4, -0.2) is 23.9 Å². The molecule has 2 amide bonds. The van der Waals surface area contributed by atoms with Crippen molar-refractivity contribution in [3.8, 4) is 0 Å². The number of carbonyl (C=O) groups is 2. The van der Waals surface area contributed by atoms with E-state index >= 15 is 0 Å². The number of fused-ring (bicyclic) bond motifs is 1. The van der Waals surface area contributed by atoms with Crippen LogP contribution >= 0.6 is 0 Å². The predicted molar refractivity (Wildman–Crippen MR) is 115 cm³/mol. The van der Waals surface area contributed by atoms with Gasteiger partial charge < -0.3 is 10.1 Å². The third kappa shape index (κ3) is 4.38. The van der Waals surface area contributed by atoms with Gasteiger partial charge in [0.05, 0.1) is 11.4 Å². The Balaban J connectivity index is 1.60. The second-order valence-corrected chi connectivity index (χ2v) is 6.99. The molecule has 1 heterocycles. The summed E-state index contributed by atoms with van der Waals surface area (Å²) in [5.74, 6) is -0.426. The number of rotatable bonds is 4. The van der Waals surface area contributed by atoms with Gasteiger partial charge >= 0.3 is 6.09 Å². The maximum Gasteiger partial charge on any atom is 0.409 e. The summed E-state index contributed by atoms with van der Waals surface area (Å²) in [6, 6.07) is 24.7. The van der Waals surface area contributed by atoms with Crippen molar-refractivity contribution in [2.24, 2.45) is 4.99 Å². The summed E-state index contributed by atoms with van der Waals surface area (Å²) in [6.45, 7) is 2.06. The van der Waals surface area contributed by atoms with Crippen molar-refractivity contribution in [2.45, 2.75) is 19.7 Å². The van der Waals surface area contributed by atoms with Crippen molar-refractivity contribution >= 4 is 23.4 Å². The lowest BCUT2D eigenvalue weighted by Crippen LogP contribution is -2.42. The Morgan fingerprint density at radius 1 is 1.03 bits per heavy atom. The number of amides is 2. The van der Waals surface area contributed by atoms with Crippen LogP contribution in [0.2, 0.25) is 0 Å². The van der Waals surface area contributed by atoms with Gasteiger partial charge in [0.25, 0.3) is 5.91 Å². The Morgan fingerprint density at radius 3 is 2.47 bits per heavy atom. The number of aliphatic imine (C=N–C) groups is 1. The molecule has 6 nitrogen and oxygen atoms in total. The van der Waals surface area contributed by atoms with E-state index in [-0.39, 0.29) is 6.61 Å². The molecule has 150 valence electrons. The van der Waals surface area contributed by atoms with Crippen molar-refractivity contribution in [3.05, 3.63) is 101 Å². The van der Waals surface area contributed by atoms with Gasteiger partial charge in [0.2, 0.25) is 6.17 Å². The number of alkyl carbamates (subject to hydrolysis) is 1. The molecule has 0 spiro atoms. The van der Waals surface area contributed by atoms with E-state index in [9.17, 15) is 9.59 Å². The van der Waals surface area contributed by atoms with Crippen LogP contribution in [0.25, 0.3) is 0 Å². The van der Waals surface area contributed by atoms with Gasteiger partial charge in [-0.2, -0.15) is 0 Å². The molecule has 0 fully saturated rings. The first-order valence-corrected chi connectivity index (χ1v) is 9.62. The zero-order valence-electron chi connectivity index (χ0n) is 16.5. The molecular formula is C24H21N3O3. The lowest BCUT2D eigenvalue weighted by atomic mass is 9.99. The average molecular weight is 399 g/mol. The van der Waals surface area contributed by atoms with Crippen LogP contribution in [0, 0.1) is 6.92 Å². The lowest BCUT2D eigenvalue weighted by molar-refractivity contribution is -0.117. The van der Waals surface area contributed by atoms with Crippen molar-refractivity contribution in [1.29, 1.82) is 0 Å². The summed E-state index contributed by atoms with van der Waals surface area (Å²) in [5, 5.41) is 5.44. The highest BCUT2D eigenvalue weighted by atomic mass is 16.5. The van der Waals surface area contributed by atoms with Gasteiger partial charge in [-0.05, 0) is 24.1 Å². The molecule has 1 aliphatic rings. The van der Waals surface area contributed by atoms with E-state index in [0.29, 0.717) is 11.4 Å². The van der Waals surface area contributed by atoms with Gasteiger partial charge in [0.15, 0.2) is 0 Å². The minimum atomic E-state index is -1.11. The maximum atomic E-state index is 12.8. The van der Waals surface area contributed by atoms with Crippen LogP contribution in [0.3, 0.4) is 0 Å². The number of benzene rings is 3. The highest BCUT2D eigenvalue weighted by molar-refractivity contribution is 6.19. The molecule has 3 aromatic carbocycles. The number of hydrogen-bond acceptors (Lipinski definition) is 4. The SMILES string of the molecule is Cc1ccc2c(c1)NC(=O)C(NC(=O)OCc1ccccc1)N=C2c1ccccc1. The van der Waals surface area contributed by atoms with Crippen LogP contribution in [-0.2, 0) is 16.1 Å². The molecule has 0 aliphatic carbocycles. The van der Waals surface area contributed by atoms with Gasteiger partial charge in [0.1, 0.15) is 6.61 Å². The molecule has 0 saturated carbocycles. The summed E-state index contributed by atoms with van der Waals surface area (Å²) in [7, 11) is 0. The van der Waals surface area contributed by atoms with E-state index in [1.165, 1.54) is 0 Å². The lowest BCUT2D eigenvalue weighted by Gasteiger charge is -2.13. The van der Waals surface area contributed by atoms with Crippen LogP contribution < -0.4 is 10.6 Å². The smallest absolute Gasteiger partial charge is 0.409 e. The Kier molecular flexibility index (Phi) is 5.57. The number of nitrogens with zero attached hydrogens (tertiary/aromatic N) is 1. The zero-order chi connectivity index (χ0) is 20.9. The number of nitrogens with one attached hydrogen (secondary N) is 2. The van der Waals surface area contributed by atoms with Crippen LogP contribution in [0.4, 0.5) is 10.5 Å². The first-order valence-electron chi connectivity index (χ1n) is 9.62. The number of ether oxygens (including phenoxy) is 1. The molecule has 0 aromatic heterocycles. The fourth-order valence-electron chi connectivity index (χ4n) is 3.23. The van der Waals surface area contributed by atoms with E-state index < -0.39 is 18.2 Å².